The second kappa shape index (κ2) is 11.2. The van der Waals surface area contributed by atoms with Crippen LogP contribution in [0.4, 0.5) is 4.79 Å². The van der Waals surface area contributed by atoms with Crippen molar-refractivity contribution >= 4 is 57.2 Å². The van der Waals surface area contributed by atoms with Crippen LogP contribution in [-0.4, -0.2) is 49.0 Å². The Hall–Kier alpha value is -0.820. The lowest BCUT2D eigenvalue weighted by Gasteiger charge is -2.23. The molecule has 9 heteroatoms. The molecule has 0 aliphatic heterocycles. The molecule has 0 fully saturated rings. The first kappa shape index (κ1) is 24.2. The number of alkyl carbamates (subject to hydrolysis) is 1. The zero-order valence-electron chi connectivity index (χ0n) is 15.9. The summed E-state index contributed by atoms with van der Waals surface area (Å²) in [5, 5.41) is 15.4. The van der Waals surface area contributed by atoms with Gasteiger partial charge in [-0.15, -0.1) is 0 Å². The van der Waals surface area contributed by atoms with E-state index in [-0.39, 0.29) is 18.1 Å². The number of halogens is 2. The number of aromatic hydroxyl groups is 1. The number of hydrogen-bond acceptors (Lipinski definition) is 5. The fraction of sp³-hybridized carbons (Fsp3) is 0.556. The van der Waals surface area contributed by atoms with Crippen LogP contribution >= 0.6 is 45.2 Å². The molecule has 0 unspecified atom stereocenters. The van der Waals surface area contributed by atoms with Crippen molar-refractivity contribution < 1.29 is 24.2 Å². The number of carbonyl (C=O) groups is 2. The van der Waals surface area contributed by atoms with E-state index in [1.807, 2.05) is 45.2 Å². The molecule has 0 saturated carbocycles. The normalized spacial score (nSPS) is 12.4. The molecule has 0 saturated heterocycles. The molecule has 0 spiro atoms. The van der Waals surface area contributed by atoms with Crippen LogP contribution in [-0.2, 0) is 20.7 Å². The fourth-order valence-electron chi connectivity index (χ4n) is 2.18. The van der Waals surface area contributed by atoms with E-state index in [4.69, 9.17) is 9.47 Å². The van der Waals surface area contributed by atoms with Crippen molar-refractivity contribution in [3.63, 3.8) is 0 Å². The highest BCUT2D eigenvalue weighted by molar-refractivity contribution is 14.1. The lowest BCUT2D eigenvalue weighted by atomic mass is 10.1. The van der Waals surface area contributed by atoms with Gasteiger partial charge >= 0.3 is 6.09 Å². The Labute approximate surface area is 187 Å². The van der Waals surface area contributed by atoms with E-state index in [2.05, 4.69) is 10.6 Å². The molecule has 1 aromatic carbocycles. The van der Waals surface area contributed by atoms with Crippen molar-refractivity contribution in [2.75, 3.05) is 20.3 Å². The van der Waals surface area contributed by atoms with Gasteiger partial charge in [-0.05, 0) is 90.1 Å². The van der Waals surface area contributed by atoms with E-state index in [9.17, 15) is 14.7 Å². The second-order valence-electron chi connectivity index (χ2n) is 6.95. The maximum Gasteiger partial charge on any atom is 0.408 e. The van der Waals surface area contributed by atoms with Crippen molar-refractivity contribution in [3.8, 4) is 5.75 Å². The highest BCUT2D eigenvalue weighted by Crippen LogP contribution is 2.27. The molecule has 0 aromatic heterocycles. The first-order valence-corrected chi connectivity index (χ1v) is 10.6. The Morgan fingerprint density at radius 3 is 2.33 bits per heavy atom. The smallest absolute Gasteiger partial charge is 0.408 e. The van der Waals surface area contributed by atoms with E-state index in [0.717, 1.165) is 5.56 Å². The van der Waals surface area contributed by atoms with E-state index in [0.29, 0.717) is 26.7 Å². The third-order valence-electron chi connectivity index (χ3n) is 3.35. The van der Waals surface area contributed by atoms with Gasteiger partial charge in [-0.1, -0.05) is 0 Å². The molecule has 7 nitrogen and oxygen atoms in total. The molecule has 27 heavy (non-hydrogen) atoms. The maximum absolute atomic E-state index is 12.6. The number of ether oxygens (including phenoxy) is 2. The Kier molecular flexibility index (Phi) is 10.1. The predicted octanol–water partition coefficient (Wildman–Crippen LogP) is 3.19. The first-order valence-electron chi connectivity index (χ1n) is 8.46. The maximum atomic E-state index is 12.6. The number of phenols is 1. The average Bonchev–Trinajstić information content (AvgIpc) is 2.54. The zero-order chi connectivity index (χ0) is 20.6. The van der Waals surface area contributed by atoms with E-state index < -0.39 is 17.7 Å². The van der Waals surface area contributed by atoms with E-state index in [1.54, 1.807) is 40.0 Å². The number of rotatable bonds is 8. The summed E-state index contributed by atoms with van der Waals surface area (Å²) in [6, 6.07) is 2.79. The summed E-state index contributed by atoms with van der Waals surface area (Å²) in [5.41, 5.74) is 0.169. The van der Waals surface area contributed by atoms with Crippen LogP contribution in [0.5, 0.6) is 5.75 Å². The summed E-state index contributed by atoms with van der Waals surface area (Å²) in [6.07, 6.45) is 0.306. The first-order chi connectivity index (χ1) is 12.5. The molecule has 1 atom stereocenters. The summed E-state index contributed by atoms with van der Waals surface area (Å²) in [4.78, 5) is 24.7. The third-order valence-corrected chi connectivity index (χ3v) is 4.99. The van der Waals surface area contributed by atoms with Crippen molar-refractivity contribution in [1.29, 1.82) is 0 Å². The third kappa shape index (κ3) is 9.28. The fourth-order valence-corrected chi connectivity index (χ4v) is 4.08. The number of benzene rings is 1. The molecule has 1 rings (SSSR count). The lowest BCUT2D eigenvalue weighted by Crippen LogP contribution is -2.49. The lowest BCUT2D eigenvalue weighted by molar-refractivity contribution is -0.123. The van der Waals surface area contributed by atoms with Crippen LogP contribution in [0.1, 0.15) is 32.8 Å². The minimum atomic E-state index is -0.793. The van der Waals surface area contributed by atoms with Gasteiger partial charge in [0.2, 0.25) is 5.91 Å². The number of methoxy groups -OCH3 is 1. The quantitative estimate of drug-likeness (QED) is 0.313. The topological polar surface area (TPSA) is 96.9 Å². The highest BCUT2D eigenvalue weighted by atomic mass is 127. The van der Waals surface area contributed by atoms with Crippen LogP contribution in [0.3, 0.4) is 0 Å². The van der Waals surface area contributed by atoms with Crippen LogP contribution in [0.25, 0.3) is 0 Å². The Balaban J connectivity index is 2.89. The van der Waals surface area contributed by atoms with Gasteiger partial charge in [0, 0.05) is 26.7 Å². The second-order valence-corrected chi connectivity index (χ2v) is 9.27. The number of amides is 2. The van der Waals surface area contributed by atoms with Gasteiger partial charge < -0.3 is 25.2 Å². The minimum absolute atomic E-state index is 0.209. The van der Waals surface area contributed by atoms with Gasteiger partial charge in [-0.25, -0.2) is 4.79 Å². The van der Waals surface area contributed by atoms with Gasteiger partial charge in [0.25, 0.3) is 0 Å². The summed E-state index contributed by atoms with van der Waals surface area (Å²) in [6.45, 7) is 6.27. The van der Waals surface area contributed by atoms with Gasteiger partial charge in [0.05, 0.1) is 7.14 Å². The molecule has 0 heterocycles. The standard InChI is InChI=1S/C18H26I2N2O5/c1-18(2,3)27-17(25)22-14(16(24)21-6-5-7-26-4)10-11-8-12(19)15(23)13(20)9-11/h8-9,14,23H,5-7,10H2,1-4H3,(H,21,24)(H,22,25)/t14-/m0/s1. The monoisotopic (exact) mass is 604 g/mol. The molecule has 0 bridgehead atoms. The summed E-state index contributed by atoms with van der Waals surface area (Å²) in [7, 11) is 1.60. The van der Waals surface area contributed by atoms with Gasteiger partial charge in [0.15, 0.2) is 0 Å². The Morgan fingerprint density at radius 1 is 1.22 bits per heavy atom. The summed E-state index contributed by atoms with van der Waals surface area (Å²) in [5.74, 6) is -0.0873. The van der Waals surface area contributed by atoms with Crippen molar-refractivity contribution in [1.82, 2.24) is 10.6 Å². The number of nitrogens with one attached hydrogen (secondary N) is 2. The molecule has 0 radical (unpaired) electrons. The van der Waals surface area contributed by atoms with Crippen LogP contribution < -0.4 is 10.6 Å². The molecule has 2 amide bonds. The molecule has 152 valence electrons. The van der Waals surface area contributed by atoms with Gasteiger partial charge in [0.1, 0.15) is 17.4 Å². The summed E-state index contributed by atoms with van der Waals surface area (Å²) < 4.78 is 11.6. The molecular formula is C18H26I2N2O5. The Bertz CT molecular complexity index is 639. The number of carbonyl (C=O) groups excluding carboxylic acids is 2. The van der Waals surface area contributed by atoms with Crippen molar-refractivity contribution in [2.45, 2.75) is 45.3 Å². The molecule has 1 aromatic rings. The SMILES string of the molecule is COCCCNC(=O)[C@H](Cc1cc(I)c(O)c(I)c1)NC(=O)OC(C)(C)C. The molecule has 3 N–H and O–H groups in total. The molecular weight excluding hydrogens is 578 g/mol. The largest absolute Gasteiger partial charge is 0.506 e. The molecule has 0 aliphatic rings. The zero-order valence-corrected chi connectivity index (χ0v) is 20.2. The van der Waals surface area contributed by atoms with E-state index >= 15 is 0 Å². The minimum Gasteiger partial charge on any atom is -0.506 e. The Morgan fingerprint density at radius 2 is 1.81 bits per heavy atom. The predicted molar refractivity (Wildman–Crippen MR) is 120 cm³/mol. The molecule has 0 aliphatic carbocycles. The van der Waals surface area contributed by atoms with Crippen LogP contribution in [0, 0.1) is 7.14 Å². The van der Waals surface area contributed by atoms with Crippen LogP contribution in [0.15, 0.2) is 12.1 Å². The number of hydrogen-bond donors (Lipinski definition) is 3. The average molecular weight is 604 g/mol. The van der Waals surface area contributed by atoms with Gasteiger partial charge in [-0.3, -0.25) is 4.79 Å². The van der Waals surface area contributed by atoms with Crippen molar-refractivity contribution in [3.05, 3.63) is 24.8 Å². The summed E-state index contributed by atoms with van der Waals surface area (Å²) >= 11 is 4.07. The van der Waals surface area contributed by atoms with Crippen LogP contribution in [0.2, 0.25) is 0 Å². The van der Waals surface area contributed by atoms with E-state index in [1.165, 1.54) is 0 Å². The number of phenolic OH excluding ortho intramolecular Hbond substituents is 1. The highest BCUT2D eigenvalue weighted by Gasteiger charge is 2.25. The van der Waals surface area contributed by atoms with Crippen molar-refractivity contribution in [2.24, 2.45) is 0 Å². The van der Waals surface area contributed by atoms with Gasteiger partial charge in [-0.2, -0.15) is 0 Å².